The molecule has 0 aliphatic heterocycles. The van der Waals surface area contributed by atoms with Gasteiger partial charge < -0.3 is 23.7 Å². The Balaban J connectivity index is 0.818. The SMILES string of the molecule is CCCCCCCCc1cnc(-c2ccc(OCCCCCCOc3ccc(C(=O)Oc4ccc(-c5ccc(C#N)cc5)cc4)cc3OCCCCCCOc3ccc(-c4ncc(CCCCCCCC)cn4)cc3)cc2)nc1. The number of esters is 1. The van der Waals surface area contributed by atoms with Crippen molar-refractivity contribution in [3.63, 3.8) is 0 Å². The monoisotopic (exact) mass is 1060 g/mol. The molecular formula is C68H81N5O6. The summed E-state index contributed by atoms with van der Waals surface area (Å²) in [6.07, 6.45) is 32.7. The van der Waals surface area contributed by atoms with Crippen LogP contribution in [0, 0.1) is 11.3 Å². The van der Waals surface area contributed by atoms with Crippen LogP contribution in [0.3, 0.4) is 0 Å². The van der Waals surface area contributed by atoms with Crippen molar-refractivity contribution in [1.29, 1.82) is 5.26 Å². The maximum Gasteiger partial charge on any atom is 0.343 e. The normalized spacial score (nSPS) is 11.0. The summed E-state index contributed by atoms with van der Waals surface area (Å²) in [4.78, 5) is 32.0. The molecule has 414 valence electrons. The van der Waals surface area contributed by atoms with Crippen LogP contribution in [-0.4, -0.2) is 52.3 Å². The number of nitrogens with zero attached hydrogens (tertiary/aromatic N) is 5. The zero-order valence-corrected chi connectivity index (χ0v) is 46.8. The van der Waals surface area contributed by atoms with Gasteiger partial charge in [-0.25, -0.2) is 24.7 Å². The van der Waals surface area contributed by atoms with E-state index in [0.717, 1.165) is 110 Å². The van der Waals surface area contributed by atoms with Crippen LogP contribution >= 0.6 is 0 Å². The number of aryl methyl sites for hydroxylation is 2. The van der Waals surface area contributed by atoms with E-state index in [1.54, 1.807) is 42.5 Å². The van der Waals surface area contributed by atoms with Crippen LogP contribution in [0.5, 0.6) is 28.7 Å². The van der Waals surface area contributed by atoms with Gasteiger partial charge in [0.05, 0.1) is 43.6 Å². The van der Waals surface area contributed by atoms with Gasteiger partial charge in [0.15, 0.2) is 23.1 Å². The summed E-state index contributed by atoms with van der Waals surface area (Å²) in [6, 6.07) is 38.1. The van der Waals surface area contributed by atoms with Gasteiger partial charge in [-0.2, -0.15) is 5.26 Å². The Morgan fingerprint density at radius 2 is 0.785 bits per heavy atom. The first kappa shape index (κ1) is 59.1. The first-order chi connectivity index (χ1) is 39.0. The molecule has 5 aromatic carbocycles. The Morgan fingerprint density at radius 3 is 1.24 bits per heavy atom. The Kier molecular flexibility index (Phi) is 25.7. The average Bonchev–Trinajstić information content (AvgIpc) is 3.50. The van der Waals surface area contributed by atoms with Gasteiger partial charge in [-0.1, -0.05) is 102 Å². The van der Waals surface area contributed by atoms with Crippen LogP contribution in [0.1, 0.15) is 169 Å². The molecule has 79 heavy (non-hydrogen) atoms. The van der Waals surface area contributed by atoms with Crippen molar-refractivity contribution >= 4 is 5.97 Å². The minimum absolute atomic E-state index is 0.364. The Labute approximate surface area is 470 Å². The van der Waals surface area contributed by atoms with E-state index in [9.17, 15) is 4.79 Å². The zero-order chi connectivity index (χ0) is 55.0. The summed E-state index contributed by atoms with van der Waals surface area (Å²) in [7, 11) is 0. The first-order valence-electron chi connectivity index (χ1n) is 29.3. The number of ether oxygens (including phenoxy) is 5. The third kappa shape index (κ3) is 21.0. The molecule has 11 nitrogen and oxygen atoms in total. The van der Waals surface area contributed by atoms with Crippen molar-refractivity contribution in [1.82, 2.24) is 19.9 Å². The molecule has 0 spiro atoms. The van der Waals surface area contributed by atoms with E-state index >= 15 is 0 Å². The largest absolute Gasteiger partial charge is 0.494 e. The molecule has 2 aromatic heterocycles. The summed E-state index contributed by atoms with van der Waals surface area (Å²) < 4.78 is 30.5. The highest BCUT2D eigenvalue weighted by molar-refractivity contribution is 5.92. The van der Waals surface area contributed by atoms with Gasteiger partial charge in [0.25, 0.3) is 0 Å². The molecule has 0 fully saturated rings. The maximum atomic E-state index is 13.5. The van der Waals surface area contributed by atoms with Gasteiger partial charge in [0, 0.05) is 35.9 Å². The predicted octanol–water partition coefficient (Wildman–Crippen LogP) is 17.2. The van der Waals surface area contributed by atoms with E-state index in [-0.39, 0.29) is 0 Å². The number of benzene rings is 5. The van der Waals surface area contributed by atoms with Gasteiger partial charge >= 0.3 is 5.97 Å². The zero-order valence-electron chi connectivity index (χ0n) is 46.8. The third-order valence-electron chi connectivity index (χ3n) is 14.0. The molecule has 0 amide bonds. The molecule has 0 aliphatic carbocycles. The van der Waals surface area contributed by atoms with Crippen LogP contribution < -0.4 is 23.7 Å². The molecule has 2 heterocycles. The molecule has 0 saturated carbocycles. The molecule has 7 rings (SSSR count). The lowest BCUT2D eigenvalue weighted by Gasteiger charge is -2.14. The lowest BCUT2D eigenvalue weighted by Crippen LogP contribution is -2.10. The fourth-order valence-electron chi connectivity index (χ4n) is 9.23. The number of rotatable bonds is 37. The van der Waals surface area contributed by atoms with Crippen LogP contribution in [0.4, 0.5) is 0 Å². The van der Waals surface area contributed by atoms with Crippen molar-refractivity contribution in [2.24, 2.45) is 0 Å². The van der Waals surface area contributed by atoms with E-state index < -0.39 is 5.97 Å². The molecular weight excluding hydrogens is 983 g/mol. The molecule has 0 aliphatic rings. The van der Waals surface area contributed by atoms with E-state index in [0.29, 0.717) is 54.8 Å². The van der Waals surface area contributed by atoms with Crippen molar-refractivity contribution in [2.45, 2.75) is 155 Å². The number of hydrogen-bond acceptors (Lipinski definition) is 11. The Morgan fingerprint density at radius 1 is 0.405 bits per heavy atom. The molecule has 0 N–H and O–H groups in total. The van der Waals surface area contributed by atoms with Crippen molar-refractivity contribution in [2.75, 3.05) is 26.4 Å². The van der Waals surface area contributed by atoms with E-state index in [1.165, 1.54) is 88.2 Å². The van der Waals surface area contributed by atoms with Crippen molar-refractivity contribution < 1.29 is 28.5 Å². The van der Waals surface area contributed by atoms with Crippen LogP contribution in [0.25, 0.3) is 33.9 Å². The second-order valence-electron chi connectivity index (χ2n) is 20.4. The first-order valence-corrected chi connectivity index (χ1v) is 29.3. The Bertz CT molecular complexity index is 2850. The minimum atomic E-state index is -0.492. The number of nitriles is 1. The standard InChI is InChI=1S/C68H81N5O6/c1-3-5-7-9-11-17-23-54-49-70-66(71-50-54)58-31-36-61(37-32-58)75-43-19-13-15-21-45-77-64-42-35-60(68(74)79-63-40-29-57(30-41-63)56-27-25-53(48-69)26-28-56)47-65(64)78-46-22-16-14-20-44-76-62-38-33-59(34-39-62)67-72-51-55(52-73-67)24-18-12-10-8-6-4-2/h25-42,47,49-52H,3-24,43-46H2,1-2H3. The third-order valence-corrected chi connectivity index (χ3v) is 14.0. The summed E-state index contributed by atoms with van der Waals surface area (Å²) in [5.41, 5.74) is 7.23. The summed E-state index contributed by atoms with van der Waals surface area (Å²) >= 11 is 0. The lowest BCUT2D eigenvalue weighted by molar-refractivity contribution is 0.0734. The second kappa shape index (κ2) is 34.3. The van der Waals surface area contributed by atoms with Crippen LogP contribution in [0.2, 0.25) is 0 Å². The highest BCUT2D eigenvalue weighted by atomic mass is 16.5. The quantitative estimate of drug-likeness (QED) is 0.0209. The van der Waals surface area contributed by atoms with E-state index in [4.69, 9.17) is 28.9 Å². The lowest BCUT2D eigenvalue weighted by atomic mass is 10.0. The molecule has 0 saturated heterocycles. The highest BCUT2D eigenvalue weighted by Crippen LogP contribution is 2.31. The number of unbranched alkanes of at least 4 members (excludes halogenated alkanes) is 16. The van der Waals surface area contributed by atoms with Crippen LogP contribution in [-0.2, 0) is 12.8 Å². The summed E-state index contributed by atoms with van der Waals surface area (Å²) in [6.45, 7) is 6.74. The molecule has 0 atom stereocenters. The molecule has 0 unspecified atom stereocenters. The summed E-state index contributed by atoms with van der Waals surface area (Å²) in [5.74, 6) is 4.17. The van der Waals surface area contributed by atoms with E-state index in [2.05, 4.69) is 39.9 Å². The van der Waals surface area contributed by atoms with Crippen molar-refractivity contribution in [3.8, 4) is 68.7 Å². The molecule has 7 aromatic rings. The molecule has 0 bridgehead atoms. The fourth-order valence-corrected chi connectivity index (χ4v) is 9.23. The number of aromatic nitrogens is 4. The van der Waals surface area contributed by atoms with Gasteiger partial charge in [-0.3, -0.25) is 0 Å². The van der Waals surface area contributed by atoms with Crippen molar-refractivity contribution in [3.05, 3.63) is 162 Å². The number of carbonyl (C=O) groups excluding carboxylic acids is 1. The van der Waals surface area contributed by atoms with Gasteiger partial charge in [-0.05, 0) is 190 Å². The van der Waals surface area contributed by atoms with Gasteiger partial charge in [0.2, 0.25) is 0 Å². The maximum absolute atomic E-state index is 13.5. The molecule has 11 heteroatoms. The minimum Gasteiger partial charge on any atom is -0.494 e. The second-order valence-corrected chi connectivity index (χ2v) is 20.4. The predicted molar refractivity (Wildman–Crippen MR) is 316 cm³/mol. The van der Waals surface area contributed by atoms with Gasteiger partial charge in [0.1, 0.15) is 17.2 Å². The number of carbonyl (C=O) groups is 1. The van der Waals surface area contributed by atoms with Gasteiger partial charge in [-0.15, -0.1) is 0 Å². The topological polar surface area (TPSA) is 139 Å². The average molecular weight is 1060 g/mol. The van der Waals surface area contributed by atoms with E-state index in [1.807, 2.05) is 97.6 Å². The highest BCUT2D eigenvalue weighted by Gasteiger charge is 2.15. The Hall–Kier alpha value is -7.58. The smallest absolute Gasteiger partial charge is 0.343 e. The summed E-state index contributed by atoms with van der Waals surface area (Å²) in [5, 5.41) is 9.16. The molecule has 0 radical (unpaired) electrons. The fraction of sp³-hybridized carbons (Fsp3) is 0.412. The van der Waals surface area contributed by atoms with Crippen LogP contribution in [0.15, 0.2) is 140 Å². The number of hydrogen-bond donors (Lipinski definition) is 0.